The van der Waals surface area contributed by atoms with Crippen molar-refractivity contribution in [2.45, 2.75) is 38.7 Å². The molecule has 8 heteroatoms. The Morgan fingerprint density at radius 1 is 1.08 bits per heavy atom. The number of anilines is 1. The van der Waals surface area contributed by atoms with Crippen LogP contribution in [0.3, 0.4) is 0 Å². The monoisotopic (exact) mass is 527 g/mol. The Balaban J connectivity index is 1.23. The van der Waals surface area contributed by atoms with E-state index in [9.17, 15) is 9.90 Å². The molecule has 0 spiro atoms. The van der Waals surface area contributed by atoms with E-state index in [1.807, 2.05) is 42.7 Å². The van der Waals surface area contributed by atoms with Crippen LogP contribution < -0.4 is 20.5 Å². The van der Waals surface area contributed by atoms with Crippen molar-refractivity contribution in [3.63, 3.8) is 0 Å². The van der Waals surface area contributed by atoms with Gasteiger partial charge in [0, 0.05) is 55.1 Å². The standard InChI is InChI=1S/C31H37N5O3/c1-31(2,38)22-4-6-27(25(15-22)26-19-35(3)30(37)29-24(26)10-13-33-29)39-28-7-5-23(16-34-28)36-17-21(18-36)14-20-8-11-32-12-9-20/h4-7,10,13,15-16,19-21,32-33,38H,8-9,11-12,14,17-18H2,1-3H3. The van der Waals surface area contributed by atoms with E-state index in [-0.39, 0.29) is 5.56 Å². The van der Waals surface area contributed by atoms with Gasteiger partial charge < -0.3 is 29.6 Å². The lowest BCUT2D eigenvalue weighted by atomic mass is 9.84. The lowest BCUT2D eigenvalue weighted by Gasteiger charge is -2.43. The van der Waals surface area contributed by atoms with Crippen LogP contribution in [0.25, 0.3) is 22.0 Å². The van der Waals surface area contributed by atoms with Crippen LogP contribution in [-0.2, 0) is 12.6 Å². The Morgan fingerprint density at radius 3 is 2.59 bits per heavy atom. The normalized spacial score (nSPS) is 17.0. The number of ether oxygens (including phenoxy) is 1. The highest BCUT2D eigenvalue weighted by Gasteiger charge is 2.30. The minimum Gasteiger partial charge on any atom is -0.438 e. The Kier molecular flexibility index (Phi) is 6.69. The molecule has 0 unspecified atom stereocenters. The van der Waals surface area contributed by atoms with Crippen LogP contribution in [0.1, 0.15) is 38.7 Å². The van der Waals surface area contributed by atoms with Crippen LogP contribution in [0.2, 0.25) is 0 Å². The number of fused-ring (bicyclic) bond motifs is 1. The van der Waals surface area contributed by atoms with Gasteiger partial charge in [0.1, 0.15) is 11.3 Å². The minimum absolute atomic E-state index is 0.0962. The summed E-state index contributed by atoms with van der Waals surface area (Å²) >= 11 is 0. The minimum atomic E-state index is -1.03. The first kappa shape index (κ1) is 25.6. The summed E-state index contributed by atoms with van der Waals surface area (Å²) in [5, 5.41) is 15.0. The second-order valence-corrected chi connectivity index (χ2v) is 11.7. The van der Waals surface area contributed by atoms with Gasteiger partial charge in [0.05, 0.1) is 17.5 Å². The molecule has 0 atom stereocenters. The average molecular weight is 528 g/mol. The first-order chi connectivity index (χ1) is 18.8. The van der Waals surface area contributed by atoms with Gasteiger partial charge >= 0.3 is 0 Å². The molecule has 0 aliphatic carbocycles. The highest BCUT2D eigenvalue weighted by atomic mass is 16.5. The quantitative estimate of drug-likeness (QED) is 0.320. The van der Waals surface area contributed by atoms with Crippen LogP contribution >= 0.6 is 0 Å². The van der Waals surface area contributed by atoms with Gasteiger partial charge in [0.15, 0.2) is 0 Å². The zero-order chi connectivity index (χ0) is 27.1. The maximum atomic E-state index is 12.7. The van der Waals surface area contributed by atoms with Gasteiger partial charge in [-0.25, -0.2) is 4.98 Å². The topological polar surface area (TPSA) is 95.4 Å². The molecule has 2 fully saturated rings. The summed E-state index contributed by atoms with van der Waals surface area (Å²) in [6, 6.07) is 11.5. The molecule has 4 aromatic rings. The number of aromatic amines is 1. The summed E-state index contributed by atoms with van der Waals surface area (Å²) in [4.78, 5) is 22.7. The van der Waals surface area contributed by atoms with Crippen LogP contribution in [0.4, 0.5) is 5.69 Å². The number of piperidine rings is 1. The van der Waals surface area contributed by atoms with Gasteiger partial charge in [0.25, 0.3) is 5.56 Å². The Hall–Kier alpha value is -3.62. The molecular weight excluding hydrogens is 490 g/mol. The number of pyridine rings is 2. The maximum absolute atomic E-state index is 12.7. The number of rotatable bonds is 7. The summed E-state index contributed by atoms with van der Waals surface area (Å²) in [5.41, 5.74) is 2.89. The molecule has 3 aromatic heterocycles. The zero-order valence-electron chi connectivity index (χ0n) is 22.9. The van der Waals surface area contributed by atoms with E-state index in [1.165, 1.54) is 19.3 Å². The summed E-state index contributed by atoms with van der Waals surface area (Å²) in [5.74, 6) is 2.74. The van der Waals surface area contributed by atoms with Crippen LogP contribution in [0.5, 0.6) is 11.6 Å². The van der Waals surface area contributed by atoms with Gasteiger partial charge in [0.2, 0.25) is 5.88 Å². The predicted octanol–water partition coefficient (Wildman–Crippen LogP) is 4.77. The number of benzene rings is 1. The number of hydrogen-bond donors (Lipinski definition) is 3. The molecule has 2 saturated heterocycles. The molecule has 6 rings (SSSR count). The van der Waals surface area contributed by atoms with Crippen LogP contribution in [0.15, 0.2) is 59.8 Å². The Bertz CT molecular complexity index is 1520. The smallest absolute Gasteiger partial charge is 0.274 e. The summed E-state index contributed by atoms with van der Waals surface area (Å²) in [6.45, 7) is 8.01. The second-order valence-electron chi connectivity index (χ2n) is 11.7. The molecule has 0 bridgehead atoms. The molecule has 3 N–H and O–H groups in total. The molecule has 5 heterocycles. The van der Waals surface area contributed by atoms with E-state index in [4.69, 9.17) is 4.74 Å². The number of nitrogens with one attached hydrogen (secondary N) is 2. The van der Waals surface area contributed by atoms with E-state index in [0.717, 1.165) is 65.8 Å². The predicted molar refractivity (Wildman–Crippen MR) is 154 cm³/mol. The van der Waals surface area contributed by atoms with E-state index >= 15 is 0 Å². The molecule has 1 aromatic carbocycles. The van der Waals surface area contributed by atoms with Crippen molar-refractivity contribution in [3.05, 3.63) is 70.9 Å². The van der Waals surface area contributed by atoms with Gasteiger partial charge in [-0.1, -0.05) is 6.07 Å². The van der Waals surface area contributed by atoms with E-state index in [2.05, 4.69) is 26.3 Å². The Morgan fingerprint density at radius 2 is 1.87 bits per heavy atom. The van der Waals surface area contributed by atoms with Crippen molar-refractivity contribution < 1.29 is 9.84 Å². The van der Waals surface area contributed by atoms with Gasteiger partial charge in [-0.15, -0.1) is 0 Å². The fraction of sp³-hybridized carbons (Fsp3) is 0.419. The molecule has 0 saturated carbocycles. The third-order valence-corrected chi connectivity index (χ3v) is 8.25. The molecule has 0 amide bonds. The molecule has 2 aliphatic heterocycles. The zero-order valence-corrected chi connectivity index (χ0v) is 22.9. The number of hydrogen-bond acceptors (Lipinski definition) is 6. The number of aliphatic hydroxyl groups is 1. The lowest BCUT2D eigenvalue weighted by Crippen LogP contribution is -2.48. The van der Waals surface area contributed by atoms with Crippen LogP contribution in [-0.4, -0.2) is 45.8 Å². The molecule has 39 heavy (non-hydrogen) atoms. The van der Waals surface area contributed by atoms with Crippen molar-refractivity contribution in [2.75, 3.05) is 31.1 Å². The molecular formula is C31H37N5O3. The van der Waals surface area contributed by atoms with Crippen molar-refractivity contribution >= 4 is 16.6 Å². The molecule has 0 radical (unpaired) electrons. The molecule has 204 valence electrons. The van der Waals surface area contributed by atoms with E-state index in [1.54, 1.807) is 31.7 Å². The fourth-order valence-corrected chi connectivity index (χ4v) is 5.94. The third kappa shape index (κ3) is 5.18. The lowest BCUT2D eigenvalue weighted by molar-refractivity contribution is 0.0786. The van der Waals surface area contributed by atoms with Crippen LogP contribution in [0, 0.1) is 11.8 Å². The first-order valence-electron chi connectivity index (χ1n) is 13.9. The van der Waals surface area contributed by atoms with Crippen molar-refractivity contribution in [1.82, 2.24) is 19.9 Å². The summed E-state index contributed by atoms with van der Waals surface area (Å²) < 4.78 is 7.88. The first-order valence-corrected chi connectivity index (χ1v) is 13.9. The molecule has 2 aliphatic rings. The third-order valence-electron chi connectivity index (χ3n) is 8.25. The number of aromatic nitrogens is 3. The van der Waals surface area contributed by atoms with Crippen molar-refractivity contribution in [2.24, 2.45) is 18.9 Å². The van der Waals surface area contributed by atoms with Crippen molar-refractivity contribution in [1.29, 1.82) is 0 Å². The Labute approximate surface area is 228 Å². The molecule has 8 nitrogen and oxygen atoms in total. The van der Waals surface area contributed by atoms with Crippen molar-refractivity contribution in [3.8, 4) is 22.8 Å². The highest BCUT2D eigenvalue weighted by molar-refractivity contribution is 5.96. The highest BCUT2D eigenvalue weighted by Crippen LogP contribution is 2.39. The SMILES string of the molecule is Cn1cc(-c2cc(C(C)(C)O)ccc2Oc2ccc(N3CC(CC4CCNCC4)C3)cn2)c2cc[nH]c2c1=O. The number of nitrogens with zero attached hydrogens (tertiary/aromatic N) is 3. The summed E-state index contributed by atoms with van der Waals surface area (Å²) in [6.07, 6.45) is 9.40. The largest absolute Gasteiger partial charge is 0.438 e. The van der Waals surface area contributed by atoms with Gasteiger partial charge in [-0.3, -0.25) is 4.79 Å². The van der Waals surface area contributed by atoms with E-state index in [0.29, 0.717) is 17.1 Å². The fourth-order valence-electron chi connectivity index (χ4n) is 5.94. The number of aryl methyl sites for hydroxylation is 1. The van der Waals surface area contributed by atoms with E-state index < -0.39 is 5.60 Å². The second kappa shape index (κ2) is 10.2. The van der Waals surface area contributed by atoms with Gasteiger partial charge in [-0.05, 0) is 87.9 Å². The average Bonchev–Trinajstić information content (AvgIpc) is 3.40. The number of H-pyrrole nitrogens is 1. The van der Waals surface area contributed by atoms with Gasteiger partial charge in [-0.2, -0.15) is 0 Å². The summed E-state index contributed by atoms with van der Waals surface area (Å²) in [7, 11) is 1.74. The maximum Gasteiger partial charge on any atom is 0.274 e.